The van der Waals surface area contributed by atoms with E-state index in [0.717, 1.165) is 0 Å². The summed E-state index contributed by atoms with van der Waals surface area (Å²) in [6.45, 7) is 11.5. The molecule has 0 radical (unpaired) electrons. The number of amides is 1. The molecular weight excluding hydrogens is 354 g/mol. The minimum absolute atomic E-state index is 0.0598. The summed E-state index contributed by atoms with van der Waals surface area (Å²) in [4.78, 5) is 25.2. The van der Waals surface area contributed by atoms with E-state index in [9.17, 15) is 14.7 Å². The molecule has 2 heterocycles. The predicted octanol–water partition coefficient (Wildman–Crippen LogP) is 2.99. The van der Waals surface area contributed by atoms with Crippen LogP contribution in [0.15, 0.2) is 0 Å². The summed E-state index contributed by atoms with van der Waals surface area (Å²) < 4.78 is 6.14. The maximum atomic E-state index is 12.3. The first-order valence-electron chi connectivity index (χ1n) is 7.91. The molecule has 132 valence electrons. The molecule has 2 rings (SSSR count). The Bertz CT molecular complexity index is 496. The van der Waals surface area contributed by atoms with E-state index < -0.39 is 20.3 Å². The Hall–Kier alpha value is -0.243. The van der Waals surface area contributed by atoms with Crippen molar-refractivity contribution in [1.29, 1.82) is 0 Å². The number of fused-ring (bicyclic) bond motifs is 1. The zero-order valence-electron chi connectivity index (χ0n) is 14.3. The van der Waals surface area contributed by atoms with Crippen molar-refractivity contribution < 1.29 is 19.1 Å². The Balaban J connectivity index is 1.93. The molecule has 0 aromatic rings. The van der Waals surface area contributed by atoms with Crippen molar-refractivity contribution in [2.45, 2.75) is 62.0 Å². The van der Waals surface area contributed by atoms with Crippen LogP contribution in [0.25, 0.3) is 0 Å². The number of carboxylic acid groups (broad SMARTS) is 1. The molecule has 0 bridgehead atoms. The number of hydrogen-bond acceptors (Lipinski definition) is 4. The van der Waals surface area contributed by atoms with E-state index in [1.165, 1.54) is 16.7 Å². The molecule has 2 fully saturated rings. The number of β-lactam (4-membered cyclic amide) rings is 1. The molecule has 0 saturated carbocycles. The number of nitrogens with zero attached hydrogens (tertiary/aromatic N) is 1. The van der Waals surface area contributed by atoms with Crippen molar-refractivity contribution in [2.75, 3.05) is 12.5 Å². The molecular formula is C15H26ClNO4SSi. The Morgan fingerprint density at radius 1 is 1.43 bits per heavy atom. The third-order valence-corrected chi connectivity index (χ3v) is 11.9. The third-order valence-electron chi connectivity index (χ3n) is 5.26. The highest BCUT2D eigenvalue weighted by Gasteiger charge is 2.60. The SMILES string of the molecule is CC(C)(C)[Si](C)(C)OCC[C@H]1C(=O)N2C(C(=O)O)C(CCl)SC12. The maximum absolute atomic E-state index is 12.3. The minimum atomic E-state index is -1.81. The van der Waals surface area contributed by atoms with Gasteiger partial charge in [0.25, 0.3) is 0 Å². The fourth-order valence-electron chi connectivity index (χ4n) is 2.76. The number of alkyl halides is 1. The Labute approximate surface area is 148 Å². The van der Waals surface area contributed by atoms with Gasteiger partial charge in [-0.1, -0.05) is 20.8 Å². The van der Waals surface area contributed by atoms with Gasteiger partial charge in [-0.2, -0.15) is 0 Å². The van der Waals surface area contributed by atoms with Crippen LogP contribution in [-0.4, -0.2) is 59.4 Å². The second kappa shape index (κ2) is 6.58. The highest BCUT2D eigenvalue weighted by atomic mass is 35.5. The van der Waals surface area contributed by atoms with Gasteiger partial charge in [-0.25, -0.2) is 4.79 Å². The number of rotatable bonds is 6. The van der Waals surface area contributed by atoms with Crippen molar-refractivity contribution in [3.63, 3.8) is 0 Å². The molecule has 2 aliphatic rings. The van der Waals surface area contributed by atoms with Crippen LogP contribution in [0.1, 0.15) is 27.2 Å². The van der Waals surface area contributed by atoms with Crippen LogP contribution < -0.4 is 0 Å². The zero-order chi connectivity index (χ0) is 17.6. The van der Waals surface area contributed by atoms with E-state index in [4.69, 9.17) is 16.0 Å². The fraction of sp³-hybridized carbons (Fsp3) is 0.867. The number of carbonyl (C=O) groups is 2. The van der Waals surface area contributed by atoms with Gasteiger partial charge in [0.05, 0.1) is 16.5 Å². The van der Waals surface area contributed by atoms with E-state index in [-0.39, 0.29) is 33.4 Å². The first-order valence-corrected chi connectivity index (χ1v) is 12.3. The molecule has 4 atom stereocenters. The fourth-order valence-corrected chi connectivity index (χ4v) is 5.85. The molecule has 2 saturated heterocycles. The minimum Gasteiger partial charge on any atom is -0.480 e. The zero-order valence-corrected chi connectivity index (χ0v) is 16.9. The predicted molar refractivity (Wildman–Crippen MR) is 95.4 cm³/mol. The lowest BCUT2D eigenvalue weighted by atomic mass is 9.92. The lowest BCUT2D eigenvalue weighted by Gasteiger charge is -2.44. The van der Waals surface area contributed by atoms with Crippen molar-refractivity contribution >= 4 is 43.6 Å². The van der Waals surface area contributed by atoms with Gasteiger partial charge in [-0.15, -0.1) is 23.4 Å². The van der Waals surface area contributed by atoms with Gasteiger partial charge in [0.15, 0.2) is 8.32 Å². The lowest BCUT2D eigenvalue weighted by Crippen LogP contribution is -2.62. The molecule has 8 heteroatoms. The van der Waals surface area contributed by atoms with E-state index in [1.54, 1.807) is 0 Å². The van der Waals surface area contributed by atoms with Crippen LogP contribution in [0, 0.1) is 5.92 Å². The number of hydrogen-bond donors (Lipinski definition) is 1. The van der Waals surface area contributed by atoms with Crippen molar-refractivity contribution in [1.82, 2.24) is 4.90 Å². The lowest BCUT2D eigenvalue weighted by molar-refractivity contribution is -0.162. The second-order valence-corrected chi connectivity index (χ2v) is 14.2. The monoisotopic (exact) mass is 379 g/mol. The first kappa shape index (κ1) is 19.1. The molecule has 3 unspecified atom stereocenters. The molecule has 0 aromatic heterocycles. The van der Waals surface area contributed by atoms with Gasteiger partial charge >= 0.3 is 5.97 Å². The largest absolute Gasteiger partial charge is 0.480 e. The molecule has 0 spiro atoms. The van der Waals surface area contributed by atoms with Crippen molar-refractivity contribution in [3.05, 3.63) is 0 Å². The van der Waals surface area contributed by atoms with Gasteiger partial charge in [0.1, 0.15) is 6.04 Å². The van der Waals surface area contributed by atoms with Crippen LogP contribution in [-0.2, 0) is 14.0 Å². The Kier molecular flexibility index (Phi) is 5.46. The highest BCUT2D eigenvalue weighted by molar-refractivity contribution is 8.01. The number of carbonyl (C=O) groups excluding carboxylic acids is 1. The summed E-state index contributed by atoms with van der Waals surface area (Å²) in [6.07, 6.45) is 0.654. The summed E-state index contributed by atoms with van der Waals surface area (Å²) in [5.41, 5.74) is 0. The van der Waals surface area contributed by atoms with E-state index in [1.807, 2.05) is 0 Å². The summed E-state index contributed by atoms with van der Waals surface area (Å²) >= 11 is 7.39. The van der Waals surface area contributed by atoms with E-state index in [0.29, 0.717) is 13.0 Å². The van der Waals surface area contributed by atoms with Crippen molar-refractivity contribution in [3.8, 4) is 0 Å². The van der Waals surface area contributed by atoms with Crippen LogP contribution in [0.4, 0.5) is 0 Å². The van der Waals surface area contributed by atoms with Gasteiger partial charge in [-0.05, 0) is 24.6 Å². The maximum Gasteiger partial charge on any atom is 0.327 e. The van der Waals surface area contributed by atoms with Crippen LogP contribution in [0.3, 0.4) is 0 Å². The molecule has 1 amide bonds. The summed E-state index contributed by atoms with van der Waals surface area (Å²) in [6, 6.07) is -0.785. The average Bonchev–Trinajstić information content (AvgIpc) is 2.77. The number of aliphatic carboxylic acids is 1. The molecule has 0 aromatic carbocycles. The summed E-state index contributed by atoms with van der Waals surface area (Å²) in [5, 5.41) is 9.18. The topological polar surface area (TPSA) is 66.8 Å². The van der Waals surface area contributed by atoms with Gasteiger partial charge in [0, 0.05) is 12.5 Å². The van der Waals surface area contributed by atoms with E-state index >= 15 is 0 Å². The molecule has 23 heavy (non-hydrogen) atoms. The second-order valence-electron chi connectivity index (χ2n) is 7.75. The molecule has 5 nitrogen and oxygen atoms in total. The number of halogens is 1. The van der Waals surface area contributed by atoms with E-state index in [2.05, 4.69) is 33.9 Å². The summed E-state index contributed by atoms with van der Waals surface area (Å²) in [7, 11) is -1.81. The number of carboxylic acids is 1. The highest BCUT2D eigenvalue weighted by Crippen LogP contribution is 2.49. The quantitative estimate of drug-likeness (QED) is 0.436. The Morgan fingerprint density at radius 2 is 2.04 bits per heavy atom. The smallest absolute Gasteiger partial charge is 0.327 e. The standard InChI is InChI=1S/C15H26ClNO4SSi/c1-15(2,3)23(4,5)21-7-6-9-12(18)17-11(14(19)20)10(8-16)22-13(9)17/h9-11,13H,6-8H2,1-5H3,(H,19,20)/t9-,10?,11?,13?/m0/s1. The van der Waals surface area contributed by atoms with Crippen LogP contribution >= 0.6 is 23.4 Å². The van der Waals surface area contributed by atoms with Crippen LogP contribution in [0.2, 0.25) is 18.1 Å². The van der Waals surface area contributed by atoms with Gasteiger partial charge in [0.2, 0.25) is 5.91 Å². The molecule has 2 aliphatic heterocycles. The van der Waals surface area contributed by atoms with Gasteiger partial charge < -0.3 is 14.4 Å². The normalized spacial score (nSPS) is 31.0. The first-order chi connectivity index (χ1) is 10.5. The van der Waals surface area contributed by atoms with Gasteiger partial charge in [-0.3, -0.25) is 4.79 Å². The average molecular weight is 380 g/mol. The molecule has 0 aliphatic carbocycles. The van der Waals surface area contributed by atoms with Crippen molar-refractivity contribution in [2.24, 2.45) is 5.92 Å². The molecule has 1 N–H and O–H groups in total. The third kappa shape index (κ3) is 3.43. The summed E-state index contributed by atoms with van der Waals surface area (Å²) in [5.74, 6) is -0.925. The van der Waals surface area contributed by atoms with Crippen LogP contribution in [0.5, 0.6) is 0 Å². The number of thioether (sulfide) groups is 1. The Morgan fingerprint density at radius 3 is 2.52 bits per heavy atom.